The van der Waals surface area contributed by atoms with Crippen molar-refractivity contribution in [3.05, 3.63) is 95.7 Å². The summed E-state index contributed by atoms with van der Waals surface area (Å²) in [4.78, 5) is 36.9. The molecule has 3 aromatic carbocycles. The van der Waals surface area contributed by atoms with Crippen LogP contribution in [0, 0.1) is 0 Å². The minimum absolute atomic E-state index is 0.142. The number of hydrogen-bond donors (Lipinski definition) is 1. The Kier molecular flexibility index (Phi) is 7.63. The molecule has 0 aliphatic carbocycles. The number of nitrogens with zero attached hydrogens (tertiary/aromatic N) is 2. The molecule has 0 fully saturated rings. The summed E-state index contributed by atoms with van der Waals surface area (Å²) in [6.07, 6.45) is 0. The van der Waals surface area contributed by atoms with Gasteiger partial charge in [0.05, 0.1) is 32.1 Å². The van der Waals surface area contributed by atoms with Crippen molar-refractivity contribution in [3.63, 3.8) is 0 Å². The van der Waals surface area contributed by atoms with Crippen molar-refractivity contribution in [2.24, 2.45) is 0 Å². The molecule has 0 spiro atoms. The normalized spacial score (nSPS) is 10.5. The number of aromatic nitrogens is 2. The molecule has 1 aromatic heterocycles. The number of nitrogens with one attached hydrogen (secondary N) is 1. The number of ether oxygens (including phenoxy) is 3. The number of hydrogen-bond acceptors (Lipinski definition) is 7. The predicted octanol–water partition coefficient (Wildman–Crippen LogP) is 4.76. The highest BCUT2D eigenvalue weighted by Gasteiger charge is 2.20. The van der Waals surface area contributed by atoms with Crippen molar-refractivity contribution >= 4 is 23.5 Å². The zero-order valence-electron chi connectivity index (χ0n) is 20.6. The van der Waals surface area contributed by atoms with Crippen LogP contribution in [0.25, 0.3) is 16.9 Å². The second-order valence-electron chi connectivity index (χ2n) is 7.82. The topological polar surface area (TPSA) is 109 Å². The Hall–Kier alpha value is -4.92. The summed E-state index contributed by atoms with van der Waals surface area (Å²) < 4.78 is 16.9. The third-order valence-electron chi connectivity index (χ3n) is 5.49. The summed E-state index contributed by atoms with van der Waals surface area (Å²) in [6, 6.07) is 22.3. The van der Waals surface area contributed by atoms with Gasteiger partial charge < -0.3 is 19.5 Å². The van der Waals surface area contributed by atoms with E-state index < -0.39 is 11.9 Å². The van der Waals surface area contributed by atoms with Gasteiger partial charge in [-0.1, -0.05) is 24.3 Å². The molecule has 9 nitrogen and oxygen atoms in total. The first kappa shape index (κ1) is 25.2. The summed E-state index contributed by atoms with van der Waals surface area (Å²) in [6.45, 7) is 1.95. The Morgan fingerprint density at radius 1 is 0.865 bits per heavy atom. The fourth-order valence-corrected chi connectivity index (χ4v) is 3.71. The molecule has 0 bridgehead atoms. The van der Waals surface area contributed by atoms with E-state index in [-0.39, 0.29) is 18.2 Å². The van der Waals surface area contributed by atoms with Gasteiger partial charge in [-0.2, -0.15) is 5.10 Å². The average molecular weight is 500 g/mol. The molecule has 1 amide bonds. The molecule has 0 unspecified atom stereocenters. The van der Waals surface area contributed by atoms with Gasteiger partial charge >= 0.3 is 11.9 Å². The van der Waals surface area contributed by atoms with Gasteiger partial charge in [0.25, 0.3) is 5.91 Å². The Bertz CT molecular complexity index is 1440. The highest BCUT2D eigenvalue weighted by Crippen LogP contribution is 2.30. The number of carbonyl (C=O) groups excluding carboxylic acids is 3. The number of anilines is 1. The molecule has 4 aromatic rings. The van der Waals surface area contributed by atoms with Crippen LogP contribution in [-0.4, -0.2) is 48.5 Å². The van der Waals surface area contributed by atoms with E-state index in [1.54, 1.807) is 61.2 Å². The van der Waals surface area contributed by atoms with Crippen LogP contribution in [0.1, 0.15) is 38.1 Å². The SMILES string of the molecule is CCOC(=O)c1cc(-c2cccc(NC(=O)c3ccc(C(=O)OC)cc3)c2)n(-c2ccccc2OC)n1. The van der Waals surface area contributed by atoms with Crippen LogP contribution in [0.4, 0.5) is 5.69 Å². The number of benzene rings is 3. The van der Waals surface area contributed by atoms with E-state index in [1.165, 1.54) is 19.2 Å². The van der Waals surface area contributed by atoms with E-state index in [9.17, 15) is 14.4 Å². The lowest BCUT2D eigenvalue weighted by molar-refractivity contribution is 0.0518. The van der Waals surface area contributed by atoms with E-state index in [2.05, 4.69) is 10.4 Å². The van der Waals surface area contributed by atoms with Crippen molar-refractivity contribution in [1.82, 2.24) is 9.78 Å². The van der Waals surface area contributed by atoms with Crippen LogP contribution < -0.4 is 10.1 Å². The first-order valence-corrected chi connectivity index (χ1v) is 11.5. The van der Waals surface area contributed by atoms with E-state index in [1.807, 2.05) is 24.3 Å². The first-order chi connectivity index (χ1) is 17.9. The number of esters is 2. The Morgan fingerprint density at radius 2 is 1.59 bits per heavy atom. The lowest BCUT2D eigenvalue weighted by atomic mass is 10.1. The Labute approximate surface area is 213 Å². The lowest BCUT2D eigenvalue weighted by Crippen LogP contribution is -2.12. The maximum absolute atomic E-state index is 12.8. The van der Waals surface area contributed by atoms with Crippen LogP contribution in [0.5, 0.6) is 5.75 Å². The number of rotatable bonds is 8. The largest absolute Gasteiger partial charge is 0.494 e. The summed E-state index contributed by atoms with van der Waals surface area (Å²) in [5.41, 5.74) is 3.34. The zero-order valence-corrected chi connectivity index (χ0v) is 20.6. The summed E-state index contributed by atoms with van der Waals surface area (Å²) in [5.74, 6) is -0.799. The number of amides is 1. The van der Waals surface area contributed by atoms with E-state index in [0.29, 0.717) is 39.5 Å². The Morgan fingerprint density at radius 3 is 2.30 bits per heavy atom. The van der Waals surface area contributed by atoms with Crippen molar-refractivity contribution in [2.75, 3.05) is 26.1 Å². The highest BCUT2D eigenvalue weighted by molar-refractivity contribution is 6.05. The van der Waals surface area contributed by atoms with Crippen LogP contribution >= 0.6 is 0 Å². The molecular formula is C28H25N3O6. The fraction of sp³-hybridized carbons (Fsp3) is 0.143. The average Bonchev–Trinajstić information content (AvgIpc) is 3.38. The molecule has 0 aliphatic rings. The maximum Gasteiger partial charge on any atom is 0.358 e. The van der Waals surface area contributed by atoms with E-state index >= 15 is 0 Å². The van der Waals surface area contributed by atoms with Crippen LogP contribution in [0.2, 0.25) is 0 Å². The molecule has 9 heteroatoms. The number of para-hydroxylation sites is 2. The summed E-state index contributed by atoms with van der Waals surface area (Å²) in [7, 11) is 2.85. The third kappa shape index (κ3) is 5.51. The van der Waals surface area contributed by atoms with Gasteiger partial charge in [0, 0.05) is 16.8 Å². The monoisotopic (exact) mass is 499 g/mol. The van der Waals surface area contributed by atoms with Gasteiger partial charge in [0.15, 0.2) is 5.69 Å². The van der Waals surface area contributed by atoms with Crippen molar-refractivity contribution in [2.45, 2.75) is 6.92 Å². The van der Waals surface area contributed by atoms with Gasteiger partial charge in [0.2, 0.25) is 0 Å². The van der Waals surface area contributed by atoms with Crippen molar-refractivity contribution < 1.29 is 28.6 Å². The molecule has 0 aliphatic heterocycles. The molecule has 1 heterocycles. The van der Waals surface area contributed by atoms with Crippen LogP contribution in [0.15, 0.2) is 78.9 Å². The quantitative estimate of drug-likeness (QED) is 0.348. The van der Waals surface area contributed by atoms with Gasteiger partial charge in [-0.15, -0.1) is 0 Å². The summed E-state index contributed by atoms with van der Waals surface area (Å²) in [5, 5.41) is 7.35. The lowest BCUT2D eigenvalue weighted by Gasteiger charge is -2.12. The number of methoxy groups -OCH3 is 2. The van der Waals surface area contributed by atoms with Gasteiger partial charge in [-0.3, -0.25) is 4.79 Å². The Balaban J connectivity index is 1.68. The smallest absolute Gasteiger partial charge is 0.358 e. The molecular weight excluding hydrogens is 474 g/mol. The zero-order chi connectivity index (χ0) is 26.4. The second-order valence-corrected chi connectivity index (χ2v) is 7.82. The molecule has 4 rings (SSSR count). The van der Waals surface area contributed by atoms with Crippen LogP contribution in [0.3, 0.4) is 0 Å². The van der Waals surface area contributed by atoms with Crippen molar-refractivity contribution in [1.29, 1.82) is 0 Å². The maximum atomic E-state index is 12.8. The molecule has 0 saturated carbocycles. The minimum Gasteiger partial charge on any atom is -0.494 e. The molecule has 0 atom stereocenters. The molecule has 0 saturated heterocycles. The molecule has 37 heavy (non-hydrogen) atoms. The molecule has 1 N–H and O–H groups in total. The molecule has 0 radical (unpaired) electrons. The van der Waals surface area contributed by atoms with Gasteiger partial charge in [0.1, 0.15) is 11.4 Å². The summed E-state index contributed by atoms with van der Waals surface area (Å²) >= 11 is 0. The van der Waals surface area contributed by atoms with E-state index in [4.69, 9.17) is 14.2 Å². The minimum atomic E-state index is -0.544. The third-order valence-corrected chi connectivity index (χ3v) is 5.49. The second kappa shape index (κ2) is 11.2. The van der Waals surface area contributed by atoms with Gasteiger partial charge in [-0.25, -0.2) is 14.3 Å². The fourth-order valence-electron chi connectivity index (χ4n) is 3.71. The van der Waals surface area contributed by atoms with Gasteiger partial charge in [-0.05, 0) is 61.5 Å². The standard InChI is InChI=1S/C28H25N3O6/c1-4-37-28(34)22-17-24(31(30-22)23-10-5-6-11-25(23)35-2)20-8-7-9-21(16-20)29-26(32)18-12-14-19(15-13-18)27(33)36-3/h5-17H,4H2,1-3H3,(H,29,32). The predicted molar refractivity (Wildman–Crippen MR) is 137 cm³/mol. The number of carbonyl (C=O) groups is 3. The molecule has 188 valence electrons. The van der Waals surface area contributed by atoms with E-state index in [0.717, 1.165) is 0 Å². The first-order valence-electron chi connectivity index (χ1n) is 11.5. The van der Waals surface area contributed by atoms with Crippen LogP contribution in [-0.2, 0) is 9.47 Å². The highest BCUT2D eigenvalue weighted by atomic mass is 16.5. The van der Waals surface area contributed by atoms with Crippen molar-refractivity contribution in [3.8, 4) is 22.7 Å².